The number of halogens is 3. The number of rotatable bonds is 6. The van der Waals surface area contributed by atoms with Gasteiger partial charge in [0, 0.05) is 16.5 Å². The molecule has 0 bridgehead atoms. The van der Waals surface area contributed by atoms with Crippen molar-refractivity contribution in [3.63, 3.8) is 0 Å². The Hall–Kier alpha value is -3.65. The van der Waals surface area contributed by atoms with Crippen molar-refractivity contribution in [3.05, 3.63) is 101 Å². The van der Waals surface area contributed by atoms with Crippen LogP contribution >= 0.6 is 11.3 Å². The van der Waals surface area contributed by atoms with Crippen LogP contribution in [0.4, 0.5) is 18.9 Å². The zero-order valence-corrected chi connectivity index (χ0v) is 16.8. The molecule has 0 spiro atoms. The number of para-hydroxylation sites is 1. The molecule has 3 aromatic carbocycles. The van der Waals surface area contributed by atoms with Gasteiger partial charge in [0.15, 0.2) is 0 Å². The molecule has 0 aliphatic heterocycles. The van der Waals surface area contributed by atoms with Gasteiger partial charge in [-0.2, -0.15) is 0 Å². The first kappa shape index (κ1) is 20.6. The van der Waals surface area contributed by atoms with Gasteiger partial charge in [0.05, 0.1) is 5.69 Å². The van der Waals surface area contributed by atoms with Crippen molar-refractivity contribution in [3.8, 4) is 16.3 Å². The molecule has 1 heterocycles. The SMILES string of the molecule is O=C(Nc1ccccc1F)c1csc(-c2cccc(OCc3cc(F)ccc3F)c2)n1. The molecule has 0 aliphatic carbocycles. The number of hydrogen-bond donors (Lipinski definition) is 1. The third-order valence-corrected chi connectivity index (χ3v) is 5.23. The molecule has 4 nitrogen and oxygen atoms in total. The molecule has 0 unspecified atom stereocenters. The van der Waals surface area contributed by atoms with Crippen molar-refractivity contribution in [1.29, 1.82) is 0 Å². The second-order valence-corrected chi connectivity index (χ2v) is 7.38. The number of thiazole rings is 1. The molecule has 4 rings (SSSR count). The maximum Gasteiger partial charge on any atom is 0.275 e. The summed E-state index contributed by atoms with van der Waals surface area (Å²) >= 11 is 1.24. The lowest BCUT2D eigenvalue weighted by Crippen LogP contribution is -2.13. The second kappa shape index (κ2) is 9.01. The van der Waals surface area contributed by atoms with E-state index in [1.807, 2.05) is 0 Å². The molecule has 1 amide bonds. The van der Waals surface area contributed by atoms with Crippen LogP contribution in [0.5, 0.6) is 5.75 Å². The summed E-state index contributed by atoms with van der Waals surface area (Å²) in [6.07, 6.45) is 0. The molecule has 8 heteroatoms. The van der Waals surface area contributed by atoms with E-state index in [2.05, 4.69) is 10.3 Å². The van der Waals surface area contributed by atoms with E-state index < -0.39 is 23.4 Å². The van der Waals surface area contributed by atoms with Crippen LogP contribution in [-0.2, 0) is 6.61 Å². The van der Waals surface area contributed by atoms with Crippen molar-refractivity contribution < 1.29 is 22.7 Å². The first-order chi connectivity index (χ1) is 15.0. The van der Waals surface area contributed by atoms with Crippen LogP contribution in [-0.4, -0.2) is 10.9 Å². The summed E-state index contributed by atoms with van der Waals surface area (Å²) < 4.78 is 46.4. The van der Waals surface area contributed by atoms with Gasteiger partial charge in [0.2, 0.25) is 0 Å². The van der Waals surface area contributed by atoms with Gasteiger partial charge in [0.1, 0.15) is 40.5 Å². The monoisotopic (exact) mass is 440 g/mol. The molecular formula is C23H15F3N2O2S. The van der Waals surface area contributed by atoms with E-state index in [9.17, 15) is 18.0 Å². The number of amides is 1. The van der Waals surface area contributed by atoms with E-state index in [4.69, 9.17) is 4.74 Å². The van der Waals surface area contributed by atoms with Crippen molar-refractivity contribution >= 4 is 22.9 Å². The summed E-state index contributed by atoms with van der Waals surface area (Å²) in [5.74, 6) is -1.72. The Morgan fingerprint density at radius 2 is 1.81 bits per heavy atom. The molecule has 0 radical (unpaired) electrons. The molecule has 156 valence electrons. The molecule has 0 aliphatic rings. The average Bonchev–Trinajstić information content (AvgIpc) is 3.27. The molecule has 0 fully saturated rings. The fourth-order valence-electron chi connectivity index (χ4n) is 2.79. The fourth-order valence-corrected chi connectivity index (χ4v) is 3.59. The van der Waals surface area contributed by atoms with Crippen LogP contribution in [0, 0.1) is 17.5 Å². The topological polar surface area (TPSA) is 51.2 Å². The number of hydrogen-bond acceptors (Lipinski definition) is 4. The first-order valence-corrected chi connectivity index (χ1v) is 10.1. The van der Waals surface area contributed by atoms with Crippen LogP contribution in [0.15, 0.2) is 72.1 Å². The Kier molecular flexibility index (Phi) is 5.99. The molecule has 31 heavy (non-hydrogen) atoms. The van der Waals surface area contributed by atoms with Crippen LogP contribution < -0.4 is 10.1 Å². The fraction of sp³-hybridized carbons (Fsp3) is 0.0435. The van der Waals surface area contributed by atoms with E-state index in [0.29, 0.717) is 16.3 Å². The van der Waals surface area contributed by atoms with Crippen molar-refractivity contribution in [2.75, 3.05) is 5.32 Å². The minimum Gasteiger partial charge on any atom is -0.489 e. The number of ether oxygens (including phenoxy) is 1. The van der Waals surface area contributed by atoms with Gasteiger partial charge < -0.3 is 10.1 Å². The summed E-state index contributed by atoms with van der Waals surface area (Å²) in [7, 11) is 0. The largest absolute Gasteiger partial charge is 0.489 e. The number of aromatic nitrogens is 1. The standard InChI is InChI=1S/C23H15F3N2O2S/c24-16-8-9-18(25)15(10-16)12-30-17-5-3-4-14(11-17)23-28-21(13-31-23)22(29)27-20-7-2-1-6-19(20)26/h1-11,13H,12H2,(H,27,29). The highest BCUT2D eigenvalue weighted by Crippen LogP contribution is 2.28. The Morgan fingerprint density at radius 3 is 2.65 bits per heavy atom. The smallest absolute Gasteiger partial charge is 0.275 e. The average molecular weight is 440 g/mol. The number of benzene rings is 3. The third-order valence-electron chi connectivity index (χ3n) is 4.34. The van der Waals surface area contributed by atoms with Crippen molar-refractivity contribution in [2.45, 2.75) is 6.61 Å². The van der Waals surface area contributed by atoms with Crippen LogP contribution in [0.3, 0.4) is 0 Å². The lowest BCUT2D eigenvalue weighted by molar-refractivity contribution is 0.102. The second-order valence-electron chi connectivity index (χ2n) is 6.52. The number of nitrogens with zero attached hydrogens (tertiary/aromatic N) is 1. The predicted octanol–water partition coefficient (Wildman–Crippen LogP) is 6.06. The Morgan fingerprint density at radius 1 is 0.968 bits per heavy atom. The van der Waals surface area contributed by atoms with E-state index in [1.54, 1.807) is 35.7 Å². The molecule has 0 saturated carbocycles. The van der Waals surface area contributed by atoms with Crippen molar-refractivity contribution in [1.82, 2.24) is 4.98 Å². The Labute approximate surface area is 180 Å². The molecular weight excluding hydrogens is 425 g/mol. The summed E-state index contributed by atoms with van der Waals surface area (Å²) in [4.78, 5) is 16.7. The van der Waals surface area contributed by atoms with Crippen LogP contribution in [0.1, 0.15) is 16.1 Å². The minimum atomic E-state index is -0.553. The number of carbonyl (C=O) groups excluding carboxylic acids is 1. The van der Waals surface area contributed by atoms with Gasteiger partial charge in [0.25, 0.3) is 5.91 Å². The lowest BCUT2D eigenvalue weighted by Gasteiger charge is -2.08. The van der Waals surface area contributed by atoms with E-state index in [-0.39, 0.29) is 23.6 Å². The quantitative estimate of drug-likeness (QED) is 0.397. The molecule has 1 aromatic heterocycles. The number of nitrogens with one attached hydrogen (secondary N) is 1. The summed E-state index contributed by atoms with van der Waals surface area (Å²) in [5, 5.41) is 4.62. The zero-order chi connectivity index (χ0) is 21.8. The molecule has 1 N–H and O–H groups in total. The predicted molar refractivity (Wildman–Crippen MR) is 113 cm³/mol. The number of carbonyl (C=O) groups is 1. The molecule has 0 atom stereocenters. The normalized spacial score (nSPS) is 10.7. The zero-order valence-electron chi connectivity index (χ0n) is 15.9. The summed E-state index contributed by atoms with van der Waals surface area (Å²) in [6.45, 7) is -0.138. The first-order valence-electron chi connectivity index (χ1n) is 9.18. The van der Waals surface area contributed by atoms with Gasteiger partial charge in [-0.05, 0) is 42.5 Å². The summed E-state index contributed by atoms with van der Waals surface area (Å²) in [5.41, 5.74) is 1.01. The van der Waals surface area contributed by atoms with Gasteiger partial charge in [-0.1, -0.05) is 24.3 Å². The highest BCUT2D eigenvalue weighted by atomic mass is 32.1. The Bertz CT molecular complexity index is 1240. The van der Waals surface area contributed by atoms with Gasteiger partial charge in [-0.15, -0.1) is 11.3 Å². The Balaban J connectivity index is 1.47. The third kappa shape index (κ3) is 4.92. The maximum atomic E-state index is 13.8. The molecule has 0 saturated heterocycles. The van der Waals surface area contributed by atoms with Crippen molar-refractivity contribution in [2.24, 2.45) is 0 Å². The molecule has 4 aromatic rings. The summed E-state index contributed by atoms with van der Waals surface area (Å²) in [6, 6.07) is 15.9. The van der Waals surface area contributed by atoms with Crippen LogP contribution in [0.25, 0.3) is 10.6 Å². The van der Waals surface area contributed by atoms with Gasteiger partial charge in [-0.3, -0.25) is 4.79 Å². The van der Waals surface area contributed by atoms with Gasteiger partial charge in [-0.25, -0.2) is 18.2 Å². The highest BCUT2D eigenvalue weighted by molar-refractivity contribution is 7.13. The lowest BCUT2D eigenvalue weighted by atomic mass is 10.2. The minimum absolute atomic E-state index is 0.0713. The maximum absolute atomic E-state index is 13.8. The highest BCUT2D eigenvalue weighted by Gasteiger charge is 2.14. The van der Waals surface area contributed by atoms with Gasteiger partial charge >= 0.3 is 0 Å². The van der Waals surface area contributed by atoms with Crippen LogP contribution in [0.2, 0.25) is 0 Å². The van der Waals surface area contributed by atoms with E-state index in [0.717, 1.165) is 18.2 Å². The number of anilines is 1. The van der Waals surface area contributed by atoms with E-state index in [1.165, 1.54) is 29.5 Å². The van der Waals surface area contributed by atoms with E-state index >= 15 is 0 Å².